The zero-order chi connectivity index (χ0) is 15.1. The Bertz CT molecular complexity index is 479. The highest BCUT2D eigenvalue weighted by molar-refractivity contribution is 5.96. The molecule has 21 heavy (non-hydrogen) atoms. The van der Waals surface area contributed by atoms with Crippen LogP contribution in [0.25, 0.3) is 0 Å². The van der Waals surface area contributed by atoms with Crippen molar-refractivity contribution in [1.29, 1.82) is 0 Å². The molecule has 0 aliphatic heterocycles. The quantitative estimate of drug-likeness (QED) is 0.700. The van der Waals surface area contributed by atoms with Gasteiger partial charge < -0.3 is 15.7 Å². The molecule has 114 valence electrons. The average Bonchev–Trinajstić information content (AvgIpc) is 3.02. The van der Waals surface area contributed by atoms with Crippen LogP contribution in [0.5, 0.6) is 0 Å². The second kappa shape index (κ2) is 7.78. The molecule has 0 unspecified atom stereocenters. The normalized spacial score (nSPS) is 14.9. The zero-order valence-corrected chi connectivity index (χ0v) is 12.1. The first kappa shape index (κ1) is 15.5. The predicted molar refractivity (Wildman–Crippen MR) is 81.1 cm³/mol. The Balaban J connectivity index is 1.86. The summed E-state index contributed by atoms with van der Waals surface area (Å²) >= 11 is 0. The van der Waals surface area contributed by atoms with Crippen LogP contribution in [0.3, 0.4) is 0 Å². The number of amides is 2. The van der Waals surface area contributed by atoms with Crippen LogP contribution in [0.15, 0.2) is 24.3 Å². The molecule has 1 aromatic carbocycles. The first-order valence-corrected chi connectivity index (χ1v) is 7.50. The van der Waals surface area contributed by atoms with Crippen LogP contribution in [-0.2, 0) is 4.79 Å². The van der Waals surface area contributed by atoms with Gasteiger partial charge in [0.1, 0.15) is 0 Å². The monoisotopic (exact) mass is 290 g/mol. The standard InChI is InChI=1S/C16H22N2O3/c19-11-3-10-17-15(20)13-6-8-14(9-7-13)18-16(21)12-4-1-2-5-12/h6-9,12,19H,1-5,10-11H2,(H,17,20)(H,18,21). The van der Waals surface area contributed by atoms with Crippen LogP contribution in [0.4, 0.5) is 5.69 Å². The molecule has 0 atom stereocenters. The molecule has 5 nitrogen and oxygen atoms in total. The minimum atomic E-state index is -0.169. The minimum absolute atomic E-state index is 0.0619. The molecule has 0 spiro atoms. The minimum Gasteiger partial charge on any atom is -0.396 e. The molecule has 0 heterocycles. The van der Waals surface area contributed by atoms with Crippen LogP contribution >= 0.6 is 0 Å². The summed E-state index contributed by atoms with van der Waals surface area (Å²) in [4.78, 5) is 23.8. The summed E-state index contributed by atoms with van der Waals surface area (Å²) in [6.45, 7) is 0.516. The molecular weight excluding hydrogens is 268 g/mol. The van der Waals surface area contributed by atoms with E-state index < -0.39 is 0 Å². The van der Waals surface area contributed by atoms with Gasteiger partial charge in [0.2, 0.25) is 5.91 Å². The van der Waals surface area contributed by atoms with Crippen molar-refractivity contribution in [3.8, 4) is 0 Å². The summed E-state index contributed by atoms with van der Waals surface area (Å²) in [5.74, 6) is 0.0382. The van der Waals surface area contributed by atoms with Gasteiger partial charge in [-0.3, -0.25) is 9.59 Å². The molecule has 1 fully saturated rings. The summed E-state index contributed by atoms with van der Waals surface area (Å²) in [6.07, 6.45) is 4.74. The highest BCUT2D eigenvalue weighted by Crippen LogP contribution is 2.26. The lowest BCUT2D eigenvalue weighted by atomic mass is 10.1. The van der Waals surface area contributed by atoms with E-state index in [1.807, 2.05) is 0 Å². The van der Waals surface area contributed by atoms with Crippen molar-refractivity contribution in [1.82, 2.24) is 5.32 Å². The number of hydrogen-bond donors (Lipinski definition) is 3. The zero-order valence-electron chi connectivity index (χ0n) is 12.1. The number of aliphatic hydroxyl groups excluding tert-OH is 1. The number of aliphatic hydroxyl groups is 1. The number of carbonyl (C=O) groups excluding carboxylic acids is 2. The van der Waals surface area contributed by atoms with Crippen molar-refractivity contribution < 1.29 is 14.7 Å². The van der Waals surface area contributed by atoms with Gasteiger partial charge >= 0.3 is 0 Å². The third kappa shape index (κ3) is 4.56. The van der Waals surface area contributed by atoms with Crippen LogP contribution < -0.4 is 10.6 Å². The maximum absolute atomic E-state index is 12.0. The Morgan fingerprint density at radius 2 is 1.81 bits per heavy atom. The van der Waals surface area contributed by atoms with Gasteiger partial charge in [-0.15, -0.1) is 0 Å². The van der Waals surface area contributed by atoms with Crippen LogP contribution in [-0.4, -0.2) is 30.1 Å². The summed E-state index contributed by atoms with van der Waals surface area (Å²) < 4.78 is 0. The Hall–Kier alpha value is -1.88. The van der Waals surface area contributed by atoms with Crippen molar-refractivity contribution in [3.63, 3.8) is 0 Å². The van der Waals surface area contributed by atoms with Crippen molar-refractivity contribution >= 4 is 17.5 Å². The Labute approximate surface area is 124 Å². The Morgan fingerprint density at radius 1 is 1.14 bits per heavy atom. The largest absolute Gasteiger partial charge is 0.396 e. The fourth-order valence-corrected chi connectivity index (χ4v) is 2.52. The molecule has 3 N–H and O–H groups in total. The van der Waals surface area contributed by atoms with Gasteiger partial charge in [0.05, 0.1) is 0 Å². The second-order valence-electron chi connectivity index (χ2n) is 5.38. The van der Waals surface area contributed by atoms with E-state index in [0.29, 0.717) is 18.5 Å². The molecule has 1 saturated carbocycles. The SMILES string of the molecule is O=C(NCCCO)c1ccc(NC(=O)C2CCCC2)cc1. The first-order valence-electron chi connectivity index (χ1n) is 7.50. The Kier molecular flexibility index (Phi) is 5.75. The molecule has 0 aromatic heterocycles. The predicted octanol–water partition coefficient (Wildman–Crippen LogP) is 1.93. The molecule has 5 heteroatoms. The molecule has 0 radical (unpaired) electrons. The smallest absolute Gasteiger partial charge is 0.251 e. The van der Waals surface area contributed by atoms with Crippen LogP contribution in [0.2, 0.25) is 0 Å². The lowest BCUT2D eigenvalue weighted by Crippen LogP contribution is -2.25. The number of hydrogen-bond acceptors (Lipinski definition) is 3. The highest BCUT2D eigenvalue weighted by atomic mass is 16.3. The molecule has 0 saturated heterocycles. The maximum Gasteiger partial charge on any atom is 0.251 e. The van der Waals surface area contributed by atoms with E-state index >= 15 is 0 Å². The topological polar surface area (TPSA) is 78.4 Å². The summed E-state index contributed by atoms with van der Waals surface area (Å²) in [6, 6.07) is 6.87. The van der Waals surface area contributed by atoms with Gasteiger partial charge in [0.15, 0.2) is 0 Å². The van der Waals surface area contributed by atoms with Crippen molar-refractivity contribution in [2.24, 2.45) is 5.92 Å². The molecule has 1 aliphatic carbocycles. The van der Waals surface area contributed by atoms with Gasteiger partial charge in [-0.25, -0.2) is 0 Å². The van der Waals surface area contributed by atoms with Gasteiger partial charge in [-0.1, -0.05) is 12.8 Å². The fraction of sp³-hybridized carbons (Fsp3) is 0.500. The van der Waals surface area contributed by atoms with Crippen LogP contribution in [0.1, 0.15) is 42.5 Å². The number of anilines is 1. The van der Waals surface area contributed by atoms with Crippen molar-refractivity contribution in [2.75, 3.05) is 18.5 Å². The van der Waals surface area contributed by atoms with E-state index in [0.717, 1.165) is 31.4 Å². The number of nitrogens with one attached hydrogen (secondary N) is 2. The van der Waals surface area contributed by atoms with Gasteiger partial charge in [-0.05, 0) is 43.5 Å². The van der Waals surface area contributed by atoms with Gasteiger partial charge in [-0.2, -0.15) is 0 Å². The number of benzene rings is 1. The van der Waals surface area contributed by atoms with E-state index in [1.54, 1.807) is 24.3 Å². The Morgan fingerprint density at radius 3 is 2.43 bits per heavy atom. The van der Waals surface area contributed by atoms with E-state index in [4.69, 9.17) is 5.11 Å². The highest BCUT2D eigenvalue weighted by Gasteiger charge is 2.22. The van der Waals surface area contributed by atoms with Gasteiger partial charge in [0, 0.05) is 30.3 Å². The van der Waals surface area contributed by atoms with E-state index in [9.17, 15) is 9.59 Å². The maximum atomic E-state index is 12.0. The average molecular weight is 290 g/mol. The number of carbonyl (C=O) groups is 2. The van der Waals surface area contributed by atoms with Crippen molar-refractivity contribution in [2.45, 2.75) is 32.1 Å². The fourth-order valence-electron chi connectivity index (χ4n) is 2.52. The lowest BCUT2D eigenvalue weighted by molar-refractivity contribution is -0.119. The molecule has 1 aromatic rings. The molecule has 1 aliphatic rings. The molecular formula is C16H22N2O3. The summed E-state index contributed by atoms with van der Waals surface area (Å²) in [5, 5.41) is 14.3. The van der Waals surface area contributed by atoms with Crippen molar-refractivity contribution in [3.05, 3.63) is 29.8 Å². The summed E-state index contributed by atoms with van der Waals surface area (Å²) in [7, 11) is 0. The summed E-state index contributed by atoms with van der Waals surface area (Å²) in [5.41, 5.74) is 1.27. The third-order valence-corrected chi connectivity index (χ3v) is 3.76. The number of rotatable bonds is 6. The molecule has 0 bridgehead atoms. The second-order valence-corrected chi connectivity index (χ2v) is 5.38. The molecule has 2 rings (SSSR count). The lowest BCUT2D eigenvalue weighted by Gasteiger charge is -2.11. The van der Waals surface area contributed by atoms with Crippen LogP contribution in [0, 0.1) is 5.92 Å². The van der Waals surface area contributed by atoms with E-state index in [2.05, 4.69) is 10.6 Å². The molecule has 2 amide bonds. The van der Waals surface area contributed by atoms with E-state index in [-0.39, 0.29) is 24.3 Å². The first-order chi connectivity index (χ1) is 10.2. The van der Waals surface area contributed by atoms with E-state index in [1.165, 1.54) is 0 Å². The third-order valence-electron chi connectivity index (χ3n) is 3.76. The van der Waals surface area contributed by atoms with Gasteiger partial charge in [0.25, 0.3) is 5.91 Å².